The Bertz CT molecular complexity index is 544. The smallest absolute Gasteiger partial charge is 0.308 e. The Kier molecular flexibility index (Phi) is 4.33. The zero-order chi connectivity index (χ0) is 14.9. The Morgan fingerprint density at radius 1 is 1.35 bits per heavy atom. The molecule has 1 N–H and O–H groups in total. The van der Waals surface area contributed by atoms with Gasteiger partial charge in [-0.05, 0) is 50.5 Å². The summed E-state index contributed by atoms with van der Waals surface area (Å²) in [5, 5.41) is 9.72. The monoisotopic (exact) mass is 295 g/mol. The second-order valence-electron chi connectivity index (χ2n) is 5.38. The number of hydrogen-bond acceptors (Lipinski definition) is 2. The molecule has 0 bridgehead atoms. The van der Waals surface area contributed by atoms with Gasteiger partial charge < -0.3 is 10.0 Å². The molecule has 5 heteroatoms. The molecular formula is C15H18ClNO3. The average Bonchev–Trinajstić information content (AvgIpc) is 2.38. The van der Waals surface area contributed by atoms with E-state index in [2.05, 4.69) is 0 Å². The molecule has 0 radical (unpaired) electrons. The Hall–Kier alpha value is -1.55. The average molecular weight is 296 g/mol. The Morgan fingerprint density at radius 2 is 2.05 bits per heavy atom. The van der Waals surface area contributed by atoms with Crippen LogP contribution in [0.4, 0.5) is 0 Å². The van der Waals surface area contributed by atoms with E-state index in [1.54, 1.807) is 23.1 Å². The van der Waals surface area contributed by atoms with Gasteiger partial charge >= 0.3 is 5.97 Å². The van der Waals surface area contributed by atoms with Crippen molar-refractivity contribution in [2.24, 2.45) is 5.92 Å². The van der Waals surface area contributed by atoms with Gasteiger partial charge in [0, 0.05) is 23.2 Å². The number of aliphatic carboxylic acids is 1. The van der Waals surface area contributed by atoms with Crippen LogP contribution in [0.25, 0.3) is 0 Å². The third-order valence-electron chi connectivity index (χ3n) is 3.91. The molecule has 2 rings (SSSR count). The summed E-state index contributed by atoms with van der Waals surface area (Å²) in [4.78, 5) is 25.4. The number of benzene rings is 1. The number of likely N-dealkylation sites (tertiary alicyclic amines) is 1. The van der Waals surface area contributed by atoms with Gasteiger partial charge in [-0.2, -0.15) is 0 Å². The van der Waals surface area contributed by atoms with Gasteiger partial charge in [0.2, 0.25) is 0 Å². The zero-order valence-electron chi connectivity index (χ0n) is 11.6. The second kappa shape index (κ2) is 5.83. The van der Waals surface area contributed by atoms with Crippen LogP contribution < -0.4 is 0 Å². The molecular weight excluding hydrogens is 278 g/mol. The van der Waals surface area contributed by atoms with Gasteiger partial charge in [0.05, 0.1) is 5.92 Å². The predicted molar refractivity (Wildman–Crippen MR) is 77.0 cm³/mol. The van der Waals surface area contributed by atoms with Crippen LogP contribution in [0.1, 0.15) is 35.7 Å². The Balaban J connectivity index is 2.24. The van der Waals surface area contributed by atoms with Crippen molar-refractivity contribution in [3.8, 4) is 0 Å². The molecule has 2 atom stereocenters. The summed E-state index contributed by atoms with van der Waals surface area (Å²) in [6.45, 7) is 4.07. The summed E-state index contributed by atoms with van der Waals surface area (Å²) in [5.41, 5.74) is 1.40. The summed E-state index contributed by atoms with van der Waals surface area (Å²) in [6.07, 6.45) is 1.34. The third-order valence-corrected chi connectivity index (χ3v) is 4.15. The number of amides is 1. The van der Waals surface area contributed by atoms with Crippen molar-refractivity contribution >= 4 is 23.5 Å². The highest BCUT2D eigenvalue weighted by atomic mass is 35.5. The molecule has 4 nitrogen and oxygen atoms in total. The first-order valence-electron chi connectivity index (χ1n) is 6.70. The molecule has 1 amide bonds. The number of carbonyl (C=O) groups is 2. The van der Waals surface area contributed by atoms with E-state index in [4.69, 9.17) is 16.7 Å². The first-order valence-corrected chi connectivity index (χ1v) is 7.08. The van der Waals surface area contributed by atoms with E-state index in [-0.39, 0.29) is 18.5 Å². The number of carboxylic acids is 1. The van der Waals surface area contributed by atoms with Gasteiger partial charge in [0.15, 0.2) is 0 Å². The lowest BCUT2D eigenvalue weighted by molar-refractivity contribution is -0.143. The quantitative estimate of drug-likeness (QED) is 0.912. The number of piperidine rings is 1. The van der Waals surface area contributed by atoms with Crippen molar-refractivity contribution in [3.63, 3.8) is 0 Å². The highest BCUT2D eigenvalue weighted by molar-refractivity contribution is 6.30. The summed E-state index contributed by atoms with van der Waals surface area (Å²) in [7, 11) is 0. The van der Waals surface area contributed by atoms with E-state index in [1.807, 2.05) is 13.8 Å². The molecule has 1 saturated heterocycles. The number of aryl methyl sites for hydroxylation is 1. The number of halogens is 1. The van der Waals surface area contributed by atoms with Gasteiger partial charge in [0.25, 0.3) is 5.91 Å². The predicted octanol–water partition coefficient (Wildman–Crippen LogP) is 2.97. The first-order chi connectivity index (χ1) is 9.40. The number of rotatable bonds is 2. The minimum atomic E-state index is -0.831. The van der Waals surface area contributed by atoms with Crippen molar-refractivity contribution in [2.45, 2.75) is 32.7 Å². The van der Waals surface area contributed by atoms with Gasteiger partial charge in [0.1, 0.15) is 0 Å². The fourth-order valence-electron chi connectivity index (χ4n) is 2.61. The van der Waals surface area contributed by atoms with E-state index < -0.39 is 11.9 Å². The largest absolute Gasteiger partial charge is 0.481 e. The van der Waals surface area contributed by atoms with Crippen molar-refractivity contribution in [1.29, 1.82) is 0 Å². The maximum atomic E-state index is 12.6. The maximum absolute atomic E-state index is 12.6. The minimum Gasteiger partial charge on any atom is -0.481 e. The van der Waals surface area contributed by atoms with Crippen LogP contribution in [0.3, 0.4) is 0 Å². The first kappa shape index (κ1) is 14.9. The summed E-state index contributed by atoms with van der Waals surface area (Å²) in [6, 6.07) is 5.20. The molecule has 1 heterocycles. The molecule has 0 aromatic heterocycles. The van der Waals surface area contributed by atoms with Gasteiger partial charge in [-0.15, -0.1) is 0 Å². The zero-order valence-corrected chi connectivity index (χ0v) is 12.4. The van der Waals surface area contributed by atoms with Crippen LogP contribution in [0.2, 0.25) is 5.02 Å². The Labute approximate surface area is 123 Å². The van der Waals surface area contributed by atoms with Gasteiger partial charge in [-0.3, -0.25) is 9.59 Å². The molecule has 2 unspecified atom stereocenters. The summed E-state index contributed by atoms with van der Waals surface area (Å²) >= 11 is 5.90. The number of carboxylic acid groups (broad SMARTS) is 1. The molecule has 1 aromatic rings. The highest BCUT2D eigenvalue weighted by Crippen LogP contribution is 2.25. The molecule has 1 fully saturated rings. The molecule has 0 spiro atoms. The highest BCUT2D eigenvalue weighted by Gasteiger charge is 2.33. The SMILES string of the molecule is Cc1cc(Cl)ccc1C(=O)N1CC(C(=O)O)CCC1C. The van der Waals surface area contributed by atoms with Crippen LogP contribution in [-0.4, -0.2) is 34.5 Å². The third kappa shape index (κ3) is 2.96. The van der Waals surface area contributed by atoms with E-state index in [0.717, 1.165) is 12.0 Å². The van der Waals surface area contributed by atoms with Crippen LogP contribution in [0, 0.1) is 12.8 Å². The number of hydrogen-bond donors (Lipinski definition) is 1. The molecule has 108 valence electrons. The molecule has 0 saturated carbocycles. The van der Waals surface area contributed by atoms with Crippen molar-refractivity contribution in [2.75, 3.05) is 6.54 Å². The van der Waals surface area contributed by atoms with Crippen LogP contribution in [0.5, 0.6) is 0 Å². The lowest BCUT2D eigenvalue weighted by Gasteiger charge is -2.36. The Morgan fingerprint density at radius 3 is 2.65 bits per heavy atom. The normalized spacial score (nSPS) is 22.6. The second-order valence-corrected chi connectivity index (χ2v) is 5.81. The van der Waals surface area contributed by atoms with E-state index in [1.165, 1.54) is 0 Å². The molecule has 20 heavy (non-hydrogen) atoms. The van der Waals surface area contributed by atoms with Crippen molar-refractivity contribution in [1.82, 2.24) is 4.90 Å². The topological polar surface area (TPSA) is 57.6 Å². The van der Waals surface area contributed by atoms with Gasteiger partial charge in [-0.25, -0.2) is 0 Å². The number of nitrogens with zero attached hydrogens (tertiary/aromatic N) is 1. The standard InChI is InChI=1S/C15H18ClNO3/c1-9-7-12(16)5-6-13(9)14(18)17-8-11(15(19)20)4-3-10(17)2/h5-7,10-11H,3-4,8H2,1-2H3,(H,19,20). The lowest BCUT2D eigenvalue weighted by Crippen LogP contribution is -2.47. The van der Waals surface area contributed by atoms with Crippen molar-refractivity contribution < 1.29 is 14.7 Å². The molecule has 1 aromatic carbocycles. The number of carbonyl (C=O) groups excluding carboxylic acids is 1. The minimum absolute atomic E-state index is 0.0631. The van der Waals surface area contributed by atoms with Crippen LogP contribution in [0.15, 0.2) is 18.2 Å². The molecule has 1 aliphatic rings. The van der Waals surface area contributed by atoms with E-state index in [0.29, 0.717) is 17.0 Å². The van der Waals surface area contributed by atoms with Gasteiger partial charge in [-0.1, -0.05) is 11.6 Å². The van der Waals surface area contributed by atoms with Crippen LogP contribution >= 0.6 is 11.6 Å². The molecule has 0 aliphatic carbocycles. The summed E-state index contributed by atoms with van der Waals surface area (Å²) in [5.74, 6) is -1.41. The van der Waals surface area contributed by atoms with E-state index >= 15 is 0 Å². The maximum Gasteiger partial charge on any atom is 0.308 e. The van der Waals surface area contributed by atoms with Crippen molar-refractivity contribution in [3.05, 3.63) is 34.3 Å². The molecule has 1 aliphatic heterocycles. The lowest BCUT2D eigenvalue weighted by atomic mass is 9.92. The fraction of sp³-hybridized carbons (Fsp3) is 0.467. The summed E-state index contributed by atoms with van der Waals surface area (Å²) < 4.78 is 0. The fourth-order valence-corrected chi connectivity index (χ4v) is 2.84. The van der Waals surface area contributed by atoms with E-state index in [9.17, 15) is 9.59 Å². The van der Waals surface area contributed by atoms with Crippen LogP contribution in [-0.2, 0) is 4.79 Å².